The van der Waals surface area contributed by atoms with Crippen LogP contribution in [0, 0.1) is 5.92 Å². The summed E-state index contributed by atoms with van der Waals surface area (Å²) in [6.07, 6.45) is 1.00. The molecule has 1 rings (SSSR count). The molecule has 0 radical (unpaired) electrons. The second-order valence-corrected chi connectivity index (χ2v) is 4.61. The molecule has 0 aliphatic carbocycles. The van der Waals surface area contributed by atoms with Crippen molar-refractivity contribution in [2.75, 3.05) is 33.7 Å². The molecular weight excluding hydrogens is 176 g/mol. The average molecular weight is 192 g/mol. The van der Waals surface area contributed by atoms with Gasteiger partial charge in [-0.1, -0.05) is 0 Å². The third-order valence-electron chi connectivity index (χ3n) is 2.12. The van der Waals surface area contributed by atoms with Crippen molar-refractivity contribution in [3.63, 3.8) is 0 Å². The number of hydrogen-bond acceptors (Lipinski definition) is 3. The molecule has 72 valence electrons. The van der Waals surface area contributed by atoms with Crippen LogP contribution in [0.2, 0.25) is 0 Å². The minimum atomic E-state index is -2.34. The van der Waals surface area contributed by atoms with E-state index in [-0.39, 0.29) is 0 Å². The van der Waals surface area contributed by atoms with Gasteiger partial charge in [-0.15, -0.1) is 0 Å². The molecule has 4 nitrogen and oxygen atoms in total. The van der Waals surface area contributed by atoms with Crippen molar-refractivity contribution < 1.29 is 8.42 Å². The van der Waals surface area contributed by atoms with E-state index >= 15 is 0 Å². The van der Waals surface area contributed by atoms with Crippen molar-refractivity contribution in [3.8, 4) is 0 Å². The molecule has 1 aliphatic rings. The number of thiol groups is 1. The highest BCUT2D eigenvalue weighted by Gasteiger charge is 2.23. The smallest absolute Gasteiger partial charge is 0.203 e. The summed E-state index contributed by atoms with van der Waals surface area (Å²) in [6.45, 7) is 2.40. The first-order chi connectivity index (χ1) is 5.59. The van der Waals surface area contributed by atoms with Gasteiger partial charge in [0.05, 0.1) is 0 Å². The van der Waals surface area contributed by atoms with Crippen LogP contribution in [0.3, 0.4) is 0 Å². The third-order valence-corrected chi connectivity index (χ3v) is 2.94. The van der Waals surface area contributed by atoms with Gasteiger partial charge in [0.15, 0.2) is 0 Å². The lowest BCUT2D eigenvalue weighted by Gasteiger charge is -2.14. The van der Waals surface area contributed by atoms with Crippen LogP contribution in [0.1, 0.15) is 6.42 Å². The molecule has 0 saturated carbocycles. The normalized spacial score (nSPS) is 25.8. The van der Waals surface area contributed by atoms with E-state index in [1.807, 2.05) is 14.1 Å². The molecule has 0 bridgehead atoms. The fraction of sp³-hybridized carbons (Fsp3) is 1.00. The lowest BCUT2D eigenvalue weighted by atomic mass is 10.1. The van der Waals surface area contributed by atoms with Gasteiger partial charge in [-0.05, 0) is 26.4 Å². The molecule has 0 amide bonds. The van der Waals surface area contributed by atoms with E-state index in [0.717, 1.165) is 13.0 Å². The van der Waals surface area contributed by atoms with Crippen molar-refractivity contribution >= 4 is 10.9 Å². The Morgan fingerprint density at radius 2 is 2.17 bits per heavy atom. The lowest BCUT2D eigenvalue weighted by molar-refractivity contribution is 0.330. The van der Waals surface area contributed by atoms with E-state index in [0.29, 0.717) is 19.0 Å². The van der Waals surface area contributed by atoms with Gasteiger partial charge in [0.2, 0.25) is 10.9 Å². The zero-order valence-electron chi connectivity index (χ0n) is 7.56. The summed E-state index contributed by atoms with van der Waals surface area (Å²) in [5.41, 5.74) is 0. The Morgan fingerprint density at radius 3 is 2.58 bits per heavy atom. The number of rotatable bonds is 3. The van der Waals surface area contributed by atoms with E-state index in [4.69, 9.17) is 0 Å². The van der Waals surface area contributed by atoms with E-state index < -0.39 is 10.9 Å². The molecule has 12 heavy (non-hydrogen) atoms. The van der Waals surface area contributed by atoms with E-state index in [1.165, 1.54) is 4.31 Å². The van der Waals surface area contributed by atoms with Crippen molar-refractivity contribution in [1.29, 1.82) is 0 Å². The summed E-state index contributed by atoms with van der Waals surface area (Å²) in [5, 5.41) is 0. The number of nitrogens with zero attached hydrogens (tertiary/aromatic N) is 2. The Hall–Kier alpha value is -0.130. The van der Waals surface area contributed by atoms with E-state index in [1.54, 1.807) is 0 Å². The summed E-state index contributed by atoms with van der Waals surface area (Å²) in [5.74, 6) is 0.521. The molecule has 1 unspecified atom stereocenters. The van der Waals surface area contributed by atoms with Crippen molar-refractivity contribution in [2.45, 2.75) is 6.42 Å². The summed E-state index contributed by atoms with van der Waals surface area (Å²) in [6, 6.07) is 0. The van der Waals surface area contributed by atoms with Crippen molar-refractivity contribution in [1.82, 2.24) is 9.21 Å². The molecule has 1 atom stereocenters. The molecule has 0 aromatic rings. The van der Waals surface area contributed by atoms with E-state index in [2.05, 4.69) is 4.90 Å². The van der Waals surface area contributed by atoms with Gasteiger partial charge in [-0.2, -0.15) is 0 Å². The molecule has 0 N–H and O–H groups in total. The van der Waals surface area contributed by atoms with Gasteiger partial charge in [-0.3, -0.25) is 0 Å². The summed E-state index contributed by atoms with van der Waals surface area (Å²) in [4.78, 5) is 2.10. The van der Waals surface area contributed by atoms with Gasteiger partial charge in [0.1, 0.15) is 0 Å². The van der Waals surface area contributed by atoms with Crippen LogP contribution in [-0.4, -0.2) is 51.4 Å². The van der Waals surface area contributed by atoms with Crippen LogP contribution in [0.5, 0.6) is 0 Å². The Bertz CT molecular complexity index is 207. The predicted molar refractivity (Wildman–Crippen MR) is 48.5 cm³/mol. The zero-order valence-corrected chi connectivity index (χ0v) is 8.46. The highest BCUT2D eigenvalue weighted by Crippen LogP contribution is 2.16. The van der Waals surface area contributed by atoms with Crippen molar-refractivity contribution in [2.24, 2.45) is 5.92 Å². The third kappa shape index (κ3) is 2.73. The average Bonchev–Trinajstić information content (AvgIpc) is 2.34. The molecule has 0 aromatic heterocycles. The Labute approximate surface area is 75.2 Å². The standard InChI is InChI=1S/C7H16N2O2S/c1-8(2)5-7-3-4-9(6-7)12(10)11/h7,12H,3-6H2,1-2H3. The Balaban J connectivity index is 2.35. The van der Waals surface area contributed by atoms with Crippen LogP contribution in [-0.2, 0) is 10.9 Å². The first-order valence-electron chi connectivity index (χ1n) is 4.13. The molecular formula is C7H16N2O2S. The molecule has 5 heteroatoms. The maximum Gasteiger partial charge on any atom is 0.203 e. The van der Waals surface area contributed by atoms with Gasteiger partial charge in [-0.25, -0.2) is 12.7 Å². The minimum Gasteiger partial charge on any atom is -0.309 e. The molecule has 0 spiro atoms. The first kappa shape index (κ1) is 9.95. The minimum absolute atomic E-state index is 0.521. The SMILES string of the molecule is CN(C)CC1CCN([SH](=O)=O)C1. The fourth-order valence-corrected chi connectivity index (χ4v) is 2.27. The fourth-order valence-electron chi connectivity index (χ4n) is 1.63. The van der Waals surface area contributed by atoms with E-state index in [9.17, 15) is 8.42 Å². The molecule has 1 heterocycles. The maximum absolute atomic E-state index is 10.6. The van der Waals surface area contributed by atoms with Crippen LogP contribution in [0.4, 0.5) is 0 Å². The molecule has 1 aliphatic heterocycles. The summed E-state index contributed by atoms with van der Waals surface area (Å²) >= 11 is 0. The van der Waals surface area contributed by atoms with Crippen LogP contribution >= 0.6 is 0 Å². The second-order valence-electron chi connectivity index (χ2n) is 3.57. The lowest BCUT2D eigenvalue weighted by Crippen LogP contribution is -2.25. The van der Waals surface area contributed by atoms with Gasteiger partial charge < -0.3 is 4.90 Å². The number of hydrogen-bond donors (Lipinski definition) is 1. The highest BCUT2D eigenvalue weighted by atomic mass is 32.2. The van der Waals surface area contributed by atoms with Crippen LogP contribution < -0.4 is 0 Å². The molecule has 1 fully saturated rings. The molecule has 1 saturated heterocycles. The van der Waals surface area contributed by atoms with Gasteiger partial charge in [0, 0.05) is 19.6 Å². The monoisotopic (exact) mass is 192 g/mol. The second kappa shape index (κ2) is 4.20. The van der Waals surface area contributed by atoms with Crippen LogP contribution in [0.15, 0.2) is 0 Å². The summed E-state index contributed by atoms with van der Waals surface area (Å²) < 4.78 is 22.7. The summed E-state index contributed by atoms with van der Waals surface area (Å²) in [7, 11) is 1.69. The first-order valence-corrected chi connectivity index (χ1v) is 5.26. The largest absolute Gasteiger partial charge is 0.309 e. The predicted octanol–water partition coefficient (Wildman–Crippen LogP) is -0.604. The van der Waals surface area contributed by atoms with Gasteiger partial charge in [0.25, 0.3) is 0 Å². The topological polar surface area (TPSA) is 40.6 Å². The Morgan fingerprint density at radius 1 is 1.50 bits per heavy atom. The Kier molecular flexibility index (Phi) is 3.49. The highest BCUT2D eigenvalue weighted by molar-refractivity contribution is 7.69. The van der Waals surface area contributed by atoms with Crippen LogP contribution in [0.25, 0.3) is 0 Å². The quantitative estimate of drug-likeness (QED) is 0.607. The maximum atomic E-state index is 10.6. The van der Waals surface area contributed by atoms with Gasteiger partial charge >= 0.3 is 0 Å². The van der Waals surface area contributed by atoms with Crippen molar-refractivity contribution in [3.05, 3.63) is 0 Å². The molecule has 0 aromatic carbocycles. The zero-order chi connectivity index (χ0) is 9.14.